The second-order valence-electron chi connectivity index (χ2n) is 2.73. The molecule has 1 aliphatic heterocycles. The molecular formula is C8H11NS. The van der Waals surface area contributed by atoms with Gasteiger partial charge in [0.2, 0.25) is 0 Å². The maximum atomic E-state index is 3.36. The molecule has 0 unspecified atom stereocenters. The lowest BCUT2D eigenvalue weighted by atomic mass is 10.1. The summed E-state index contributed by atoms with van der Waals surface area (Å²) in [5.74, 6) is 0. The van der Waals surface area contributed by atoms with E-state index in [1.807, 2.05) is 11.3 Å². The van der Waals surface area contributed by atoms with E-state index >= 15 is 0 Å². The first-order valence-corrected chi connectivity index (χ1v) is 4.47. The number of rotatable bonds is 0. The topological polar surface area (TPSA) is 12.0 Å². The van der Waals surface area contributed by atoms with Gasteiger partial charge in [-0.05, 0) is 31.5 Å². The number of nitrogens with one attached hydrogen (secondary N) is 1. The molecule has 0 radical (unpaired) electrons. The van der Waals surface area contributed by atoms with Gasteiger partial charge in [-0.3, -0.25) is 0 Å². The molecule has 10 heavy (non-hydrogen) atoms. The molecule has 1 aromatic rings. The summed E-state index contributed by atoms with van der Waals surface area (Å²) in [6.45, 7) is 4.43. The lowest BCUT2D eigenvalue weighted by Gasteiger charge is -2.10. The molecule has 2 heterocycles. The van der Waals surface area contributed by atoms with Crippen LogP contribution in [0.4, 0.5) is 0 Å². The van der Waals surface area contributed by atoms with Gasteiger partial charge in [-0.2, -0.15) is 0 Å². The Kier molecular flexibility index (Phi) is 1.51. The van der Waals surface area contributed by atoms with Crippen LogP contribution >= 0.6 is 11.3 Å². The molecule has 0 spiro atoms. The van der Waals surface area contributed by atoms with E-state index < -0.39 is 0 Å². The predicted molar refractivity (Wildman–Crippen MR) is 44.5 cm³/mol. The van der Waals surface area contributed by atoms with E-state index in [0.29, 0.717) is 0 Å². The van der Waals surface area contributed by atoms with Gasteiger partial charge in [0.05, 0.1) is 0 Å². The van der Waals surface area contributed by atoms with E-state index in [1.165, 1.54) is 11.3 Å². The average molecular weight is 153 g/mol. The highest BCUT2D eigenvalue weighted by molar-refractivity contribution is 7.12. The summed E-state index contributed by atoms with van der Waals surface area (Å²) in [5, 5.41) is 3.36. The van der Waals surface area contributed by atoms with E-state index in [2.05, 4.69) is 18.3 Å². The second kappa shape index (κ2) is 2.36. The standard InChI is InChI=1S/C8H11NS/c1-6-4-7-2-3-9-5-8(7)10-6/h4,9H,2-3,5H2,1H3. The molecule has 2 rings (SSSR count). The van der Waals surface area contributed by atoms with Crippen LogP contribution in [0.5, 0.6) is 0 Å². The number of thiophene rings is 1. The molecular weight excluding hydrogens is 142 g/mol. The van der Waals surface area contributed by atoms with Gasteiger partial charge in [-0.15, -0.1) is 11.3 Å². The molecule has 0 aliphatic carbocycles. The van der Waals surface area contributed by atoms with Gasteiger partial charge in [-0.1, -0.05) is 0 Å². The molecule has 1 N–H and O–H groups in total. The summed E-state index contributed by atoms with van der Waals surface area (Å²) in [4.78, 5) is 3.00. The average Bonchev–Trinajstić information content (AvgIpc) is 2.27. The highest BCUT2D eigenvalue weighted by Gasteiger charge is 2.09. The zero-order chi connectivity index (χ0) is 6.97. The molecule has 0 amide bonds. The van der Waals surface area contributed by atoms with Crippen LogP contribution in [0.25, 0.3) is 0 Å². The van der Waals surface area contributed by atoms with Crippen molar-refractivity contribution >= 4 is 11.3 Å². The van der Waals surface area contributed by atoms with Gasteiger partial charge in [0.1, 0.15) is 0 Å². The van der Waals surface area contributed by atoms with Crippen molar-refractivity contribution in [2.75, 3.05) is 6.54 Å². The smallest absolute Gasteiger partial charge is 0.0302 e. The van der Waals surface area contributed by atoms with E-state index in [0.717, 1.165) is 13.1 Å². The molecule has 1 nitrogen and oxygen atoms in total. The van der Waals surface area contributed by atoms with Crippen molar-refractivity contribution < 1.29 is 0 Å². The van der Waals surface area contributed by atoms with E-state index in [4.69, 9.17) is 0 Å². The fourth-order valence-electron chi connectivity index (χ4n) is 1.40. The Hall–Kier alpha value is -0.340. The van der Waals surface area contributed by atoms with Gasteiger partial charge in [0.25, 0.3) is 0 Å². The molecule has 2 heteroatoms. The molecule has 0 aromatic carbocycles. The number of hydrogen-bond donors (Lipinski definition) is 1. The molecule has 0 saturated heterocycles. The lowest BCUT2D eigenvalue weighted by Crippen LogP contribution is -2.21. The Bertz CT molecular complexity index is 216. The van der Waals surface area contributed by atoms with Crippen molar-refractivity contribution in [2.24, 2.45) is 0 Å². The van der Waals surface area contributed by atoms with Crippen molar-refractivity contribution in [1.29, 1.82) is 0 Å². The minimum atomic E-state index is 1.09. The Morgan fingerprint density at radius 1 is 1.60 bits per heavy atom. The Labute approximate surface area is 65.1 Å². The number of aryl methyl sites for hydroxylation is 1. The molecule has 0 bridgehead atoms. The zero-order valence-electron chi connectivity index (χ0n) is 6.11. The van der Waals surface area contributed by atoms with Crippen LogP contribution in [-0.2, 0) is 13.0 Å². The summed E-state index contributed by atoms with van der Waals surface area (Å²) < 4.78 is 0. The predicted octanol–water partition coefficient (Wildman–Crippen LogP) is 1.70. The van der Waals surface area contributed by atoms with Gasteiger partial charge in [0.15, 0.2) is 0 Å². The van der Waals surface area contributed by atoms with Crippen LogP contribution in [0.3, 0.4) is 0 Å². The zero-order valence-corrected chi connectivity index (χ0v) is 6.92. The summed E-state index contributed by atoms with van der Waals surface area (Å²) in [6.07, 6.45) is 1.22. The number of hydrogen-bond acceptors (Lipinski definition) is 2. The van der Waals surface area contributed by atoms with Crippen molar-refractivity contribution in [3.05, 3.63) is 21.4 Å². The number of fused-ring (bicyclic) bond motifs is 1. The van der Waals surface area contributed by atoms with E-state index in [9.17, 15) is 0 Å². The molecule has 1 aliphatic rings. The van der Waals surface area contributed by atoms with E-state index in [-0.39, 0.29) is 0 Å². The van der Waals surface area contributed by atoms with Gasteiger partial charge < -0.3 is 5.32 Å². The highest BCUT2D eigenvalue weighted by atomic mass is 32.1. The van der Waals surface area contributed by atoms with Gasteiger partial charge in [0, 0.05) is 16.3 Å². The first-order valence-electron chi connectivity index (χ1n) is 3.65. The van der Waals surface area contributed by atoms with Crippen LogP contribution in [0, 0.1) is 6.92 Å². The molecule has 0 fully saturated rings. The van der Waals surface area contributed by atoms with Crippen molar-refractivity contribution in [3.63, 3.8) is 0 Å². The lowest BCUT2D eigenvalue weighted by molar-refractivity contribution is 0.654. The van der Waals surface area contributed by atoms with Crippen LogP contribution in [0.15, 0.2) is 6.07 Å². The maximum absolute atomic E-state index is 3.36. The highest BCUT2D eigenvalue weighted by Crippen LogP contribution is 2.23. The third-order valence-corrected chi connectivity index (χ3v) is 2.97. The largest absolute Gasteiger partial charge is 0.312 e. The first-order chi connectivity index (χ1) is 4.86. The van der Waals surface area contributed by atoms with Crippen LogP contribution in [0.2, 0.25) is 0 Å². The summed E-state index contributed by atoms with van der Waals surface area (Å²) >= 11 is 1.93. The fraction of sp³-hybridized carbons (Fsp3) is 0.500. The Morgan fingerprint density at radius 3 is 3.30 bits per heavy atom. The monoisotopic (exact) mass is 153 g/mol. The molecule has 54 valence electrons. The molecule has 0 atom stereocenters. The Morgan fingerprint density at radius 2 is 2.50 bits per heavy atom. The minimum absolute atomic E-state index is 1.09. The maximum Gasteiger partial charge on any atom is 0.0302 e. The SMILES string of the molecule is Cc1cc2c(s1)CNCC2. The van der Waals surface area contributed by atoms with Crippen LogP contribution < -0.4 is 5.32 Å². The van der Waals surface area contributed by atoms with Crippen molar-refractivity contribution in [2.45, 2.75) is 19.9 Å². The normalized spacial score (nSPS) is 16.9. The van der Waals surface area contributed by atoms with Gasteiger partial charge in [-0.25, -0.2) is 0 Å². The van der Waals surface area contributed by atoms with Crippen LogP contribution in [0.1, 0.15) is 15.3 Å². The third-order valence-electron chi connectivity index (χ3n) is 1.88. The first kappa shape index (κ1) is 6.38. The fourth-order valence-corrected chi connectivity index (χ4v) is 2.46. The quantitative estimate of drug-likeness (QED) is 0.598. The van der Waals surface area contributed by atoms with Crippen molar-refractivity contribution in [3.8, 4) is 0 Å². The van der Waals surface area contributed by atoms with E-state index in [1.54, 1.807) is 10.4 Å². The second-order valence-corrected chi connectivity index (χ2v) is 4.07. The minimum Gasteiger partial charge on any atom is -0.312 e. The third kappa shape index (κ3) is 0.976. The summed E-state index contributed by atoms with van der Waals surface area (Å²) in [5.41, 5.74) is 1.57. The van der Waals surface area contributed by atoms with Crippen molar-refractivity contribution in [1.82, 2.24) is 5.32 Å². The van der Waals surface area contributed by atoms with Gasteiger partial charge >= 0.3 is 0 Å². The summed E-state index contributed by atoms with van der Waals surface area (Å²) in [6, 6.07) is 2.32. The molecule has 1 aromatic heterocycles. The summed E-state index contributed by atoms with van der Waals surface area (Å²) in [7, 11) is 0. The molecule has 0 saturated carbocycles. The Balaban J connectivity index is 2.41. The van der Waals surface area contributed by atoms with Crippen LogP contribution in [-0.4, -0.2) is 6.54 Å².